The number of phenols is 1. The number of hydrogen-bond acceptors (Lipinski definition) is 9. The van der Waals surface area contributed by atoms with Gasteiger partial charge in [0.2, 0.25) is 5.79 Å². The van der Waals surface area contributed by atoms with Crippen molar-refractivity contribution in [1.82, 2.24) is 0 Å². The fraction of sp³-hybridized carbons (Fsp3) is 0.455. The van der Waals surface area contributed by atoms with Gasteiger partial charge in [0, 0.05) is 30.9 Å². The highest BCUT2D eigenvalue weighted by atomic mass is 16.7. The van der Waals surface area contributed by atoms with Gasteiger partial charge in [-0.15, -0.1) is 0 Å². The standard InChI is InChI=1S/C22H22O10/c1-9-6-15(30-10(2)23)21(29)22(31-9)18-13(7-11(32-22)8-16(25)26)19(27)12-4-3-5-14(24)17(12)20(18)28/h3-5,9,11,15,21,24,29H,6-8H2,1-2H3,(H,25,26)/t9-,11-,15-,21-,22+/m0/s1. The Labute approximate surface area is 182 Å². The van der Waals surface area contributed by atoms with Crippen molar-refractivity contribution in [2.75, 3.05) is 0 Å². The minimum absolute atomic E-state index is 0.0326. The number of phenolic OH excluding ortho intramolecular Hbond substituents is 1. The molecule has 0 radical (unpaired) electrons. The number of fused-ring (bicyclic) bond motifs is 2. The second-order valence-electron chi connectivity index (χ2n) is 8.18. The number of carboxylic acids is 1. The molecule has 2 aliphatic heterocycles. The van der Waals surface area contributed by atoms with Crippen LogP contribution in [0.2, 0.25) is 0 Å². The number of hydrogen-bond donors (Lipinski definition) is 3. The van der Waals surface area contributed by atoms with Gasteiger partial charge in [-0.05, 0) is 13.0 Å². The van der Waals surface area contributed by atoms with Crippen molar-refractivity contribution in [1.29, 1.82) is 0 Å². The smallest absolute Gasteiger partial charge is 0.305 e. The monoisotopic (exact) mass is 446 g/mol. The van der Waals surface area contributed by atoms with Gasteiger partial charge in [-0.3, -0.25) is 19.2 Å². The molecule has 2 heterocycles. The molecule has 5 atom stereocenters. The first-order valence-corrected chi connectivity index (χ1v) is 10.1. The number of carbonyl (C=O) groups is 4. The van der Waals surface area contributed by atoms with Crippen molar-refractivity contribution in [3.63, 3.8) is 0 Å². The highest BCUT2D eigenvalue weighted by Crippen LogP contribution is 2.49. The van der Waals surface area contributed by atoms with Crippen LogP contribution in [-0.2, 0) is 23.8 Å². The topological polar surface area (TPSA) is 157 Å². The van der Waals surface area contributed by atoms with Gasteiger partial charge in [0.25, 0.3) is 0 Å². The van der Waals surface area contributed by atoms with Crippen LogP contribution < -0.4 is 0 Å². The summed E-state index contributed by atoms with van der Waals surface area (Å²) in [5.41, 5.74) is -0.654. The lowest BCUT2D eigenvalue weighted by Crippen LogP contribution is -2.65. The van der Waals surface area contributed by atoms with E-state index in [2.05, 4.69) is 0 Å². The number of esters is 1. The summed E-state index contributed by atoms with van der Waals surface area (Å²) in [5.74, 6) is -5.95. The van der Waals surface area contributed by atoms with Gasteiger partial charge in [0.1, 0.15) is 18.0 Å². The molecule has 0 aromatic heterocycles. The van der Waals surface area contributed by atoms with Crippen molar-refractivity contribution in [3.05, 3.63) is 40.5 Å². The maximum atomic E-state index is 13.5. The molecule has 0 unspecified atom stereocenters. The minimum Gasteiger partial charge on any atom is -0.507 e. The summed E-state index contributed by atoms with van der Waals surface area (Å²) >= 11 is 0. The molecule has 0 bridgehead atoms. The van der Waals surface area contributed by atoms with E-state index < -0.39 is 65.9 Å². The predicted octanol–water partition coefficient (Wildman–Crippen LogP) is 1.13. The van der Waals surface area contributed by atoms with Gasteiger partial charge in [-0.1, -0.05) is 12.1 Å². The number of aromatic hydroxyl groups is 1. The molecule has 1 aliphatic carbocycles. The first-order chi connectivity index (χ1) is 15.0. The van der Waals surface area contributed by atoms with Crippen LogP contribution >= 0.6 is 0 Å². The Morgan fingerprint density at radius 3 is 2.59 bits per heavy atom. The summed E-state index contributed by atoms with van der Waals surface area (Å²) in [6, 6.07) is 4.05. The minimum atomic E-state index is -2.25. The molecular formula is C22H22O10. The molecule has 1 aromatic rings. The number of aliphatic hydroxyl groups is 1. The predicted molar refractivity (Wildman–Crippen MR) is 105 cm³/mol. The summed E-state index contributed by atoms with van der Waals surface area (Å²) < 4.78 is 17.1. The molecule has 32 heavy (non-hydrogen) atoms. The van der Waals surface area contributed by atoms with E-state index in [1.54, 1.807) is 6.92 Å². The highest BCUT2D eigenvalue weighted by Gasteiger charge is 2.61. The lowest BCUT2D eigenvalue weighted by molar-refractivity contribution is -0.334. The van der Waals surface area contributed by atoms with Gasteiger partial charge < -0.3 is 29.5 Å². The van der Waals surface area contributed by atoms with Crippen LogP contribution in [0.5, 0.6) is 5.75 Å². The van der Waals surface area contributed by atoms with Gasteiger partial charge in [-0.25, -0.2) is 0 Å². The molecule has 0 amide bonds. The molecule has 1 aromatic carbocycles. The van der Waals surface area contributed by atoms with Crippen molar-refractivity contribution in [2.24, 2.45) is 0 Å². The van der Waals surface area contributed by atoms with Crippen molar-refractivity contribution < 1.29 is 48.7 Å². The molecule has 1 spiro atoms. The fourth-order valence-electron chi connectivity index (χ4n) is 4.70. The van der Waals surface area contributed by atoms with Crippen LogP contribution in [0.15, 0.2) is 29.3 Å². The second kappa shape index (κ2) is 7.80. The molecular weight excluding hydrogens is 424 g/mol. The largest absolute Gasteiger partial charge is 0.507 e. The zero-order chi connectivity index (χ0) is 23.4. The molecule has 10 heteroatoms. The number of benzene rings is 1. The van der Waals surface area contributed by atoms with E-state index in [9.17, 15) is 34.5 Å². The fourth-order valence-corrected chi connectivity index (χ4v) is 4.70. The van der Waals surface area contributed by atoms with Gasteiger partial charge in [0.15, 0.2) is 11.6 Å². The normalized spacial score (nSPS) is 31.8. The average Bonchev–Trinajstić information content (AvgIpc) is 2.68. The lowest BCUT2D eigenvalue weighted by atomic mass is 9.73. The van der Waals surface area contributed by atoms with E-state index in [4.69, 9.17) is 14.2 Å². The Hall–Kier alpha value is -3.08. The van der Waals surface area contributed by atoms with E-state index in [-0.39, 0.29) is 35.1 Å². The van der Waals surface area contributed by atoms with E-state index >= 15 is 0 Å². The van der Waals surface area contributed by atoms with Gasteiger partial charge >= 0.3 is 11.9 Å². The lowest BCUT2D eigenvalue weighted by Gasteiger charge is -2.51. The third-order valence-electron chi connectivity index (χ3n) is 5.84. The van der Waals surface area contributed by atoms with E-state index in [0.717, 1.165) is 6.92 Å². The van der Waals surface area contributed by atoms with Gasteiger partial charge in [0.05, 0.1) is 29.8 Å². The highest BCUT2D eigenvalue weighted by molar-refractivity contribution is 6.28. The number of ether oxygens (including phenoxy) is 3. The van der Waals surface area contributed by atoms with E-state index in [0.29, 0.717) is 0 Å². The number of aliphatic hydroxyl groups excluding tert-OH is 1. The van der Waals surface area contributed by atoms with Crippen molar-refractivity contribution >= 4 is 23.5 Å². The summed E-state index contributed by atoms with van der Waals surface area (Å²) in [7, 11) is 0. The molecule has 3 N–H and O–H groups in total. The number of Topliss-reactive ketones (excluding diaryl/α,β-unsaturated/α-hetero) is 2. The van der Waals surface area contributed by atoms with Crippen LogP contribution in [0, 0.1) is 0 Å². The Kier molecular flexibility index (Phi) is 5.40. The number of ketones is 2. The van der Waals surface area contributed by atoms with Crippen molar-refractivity contribution in [2.45, 2.75) is 63.3 Å². The van der Waals surface area contributed by atoms with E-state index in [1.807, 2.05) is 0 Å². The number of aliphatic carboxylic acids is 1. The molecule has 1 saturated heterocycles. The van der Waals surface area contributed by atoms with Crippen LogP contribution in [-0.4, -0.2) is 69.0 Å². The quantitative estimate of drug-likeness (QED) is 0.575. The zero-order valence-corrected chi connectivity index (χ0v) is 17.4. The van der Waals surface area contributed by atoms with Crippen LogP contribution in [0.1, 0.15) is 53.8 Å². The summed E-state index contributed by atoms with van der Waals surface area (Å²) in [6.45, 7) is 2.76. The number of carbonyl (C=O) groups excluding carboxylic acids is 3. The number of rotatable bonds is 3. The van der Waals surface area contributed by atoms with E-state index in [1.165, 1.54) is 18.2 Å². The first-order valence-electron chi connectivity index (χ1n) is 10.1. The Balaban J connectivity index is 1.92. The molecule has 3 aliphatic rings. The van der Waals surface area contributed by atoms with Gasteiger partial charge in [-0.2, -0.15) is 0 Å². The Morgan fingerprint density at radius 1 is 1.22 bits per heavy atom. The maximum absolute atomic E-state index is 13.5. The second-order valence-corrected chi connectivity index (χ2v) is 8.18. The Bertz CT molecular complexity index is 1060. The SMILES string of the molecule is CC(=O)O[C@H]1C[C@H](C)O[C@]2(O[C@H](CC(=O)O)CC3=C2C(=O)c2c(O)cccc2C3=O)[C@H]1O. The molecule has 4 rings (SSSR count). The van der Waals surface area contributed by atoms with Crippen LogP contribution in [0.3, 0.4) is 0 Å². The summed E-state index contributed by atoms with van der Waals surface area (Å²) in [4.78, 5) is 49.8. The van der Waals surface area contributed by atoms with Crippen LogP contribution in [0.25, 0.3) is 0 Å². The Morgan fingerprint density at radius 2 is 1.94 bits per heavy atom. The third kappa shape index (κ3) is 3.40. The van der Waals surface area contributed by atoms with Crippen molar-refractivity contribution in [3.8, 4) is 5.75 Å². The molecule has 170 valence electrons. The molecule has 1 fully saturated rings. The molecule has 10 nitrogen and oxygen atoms in total. The average molecular weight is 446 g/mol. The molecule has 0 saturated carbocycles. The maximum Gasteiger partial charge on any atom is 0.305 e. The summed E-state index contributed by atoms with van der Waals surface area (Å²) in [6.07, 6.45) is -5.28. The number of carboxylic acid groups (broad SMARTS) is 1. The first kappa shape index (κ1) is 22.1. The summed E-state index contributed by atoms with van der Waals surface area (Å²) in [5, 5.41) is 30.8. The van der Waals surface area contributed by atoms with Crippen LogP contribution in [0.4, 0.5) is 0 Å². The zero-order valence-electron chi connectivity index (χ0n) is 17.4. The third-order valence-corrected chi connectivity index (χ3v) is 5.84.